The van der Waals surface area contributed by atoms with Crippen LogP contribution < -0.4 is 5.32 Å². The summed E-state index contributed by atoms with van der Waals surface area (Å²) in [6.07, 6.45) is 0. The van der Waals surface area contributed by atoms with E-state index in [9.17, 15) is 4.79 Å². The summed E-state index contributed by atoms with van der Waals surface area (Å²) in [4.78, 5) is 11.5. The molecule has 1 amide bonds. The Morgan fingerprint density at radius 2 is 1.42 bits per heavy atom. The summed E-state index contributed by atoms with van der Waals surface area (Å²) in [6, 6.07) is 6.27. The maximum Gasteiger partial charge on any atom is 0.239 e. The monoisotopic (exact) mass is 281 g/mol. The predicted octanol–water partition coefficient (Wildman–Crippen LogP) is 4.46. The lowest BCUT2D eigenvalue weighted by Gasteiger charge is -2.26. The van der Waals surface area contributed by atoms with Gasteiger partial charge in [0, 0.05) is 5.69 Å². The molecule has 0 spiro atoms. The van der Waals surface area contributed by atoms with Crippen LogP contribution in [-0.2, 0) is 15.6 Å². The number of benzene rings is 1. The molecule has 1 rings (SSSR count). The molecule has 0 atom stereocenters. The second-order valence-electron chi connectivity index (χ2n) is 6.98. The van der Waals surface area contributed by atoms with Crippen molar-refractivity contribution in [1.82, 2.24) is 0 Å². The molecule has 0 aromatic heterocycles. The van der Waals surface area contributed by atoms with Crippen LogP contribution in [0.1, 0.15) is 52.7 Å². The van der Waals surface area contributed by atoms with Gasteiger partial charge in [-0.25, -0.2) is 0 Å². The summed E-state index contributed by atoms with van der Waals surface area (Å²) in [5.74, 6) is -0.197. The van der Waals surface area contributed by atoms with E-state index < -0.39 is 0 Å². The van der Waals surface area contributed by atoms with Gasteiger partial charge in [-0.3, -0.25) is 4.79 Å². The van der Waals surface area contributed by atoms with Crippen molar-refractivity contribution in [3.8, 4) is 0 Å². The van der Waals surface area contributed by atoms with Gasteiger partial charge in [0.05, 0.1) is 0 Å². The van der Waals surface area contributed by atoms with Crippen molar-refractivity contribution in [3.63, 3.8) is 0 Å². The molecular weight excluding hydrogens is 258 g/mol. The summed E-state index contributed by atoms with van der Waals surface area (Å²) in [5, 5.41) is 2.85. The lowest BCUT2D eigenvalue weighted by Crippen LogP contribution is -2.19. The minimum Gasteiger partial charge on any atom is -0.325 e. The molecule has 1 aromatic carbocycles. The van der Waals surface area contributed by atoms with Crippen LogP contribution in [0.4, 0.5) is 5.69 Å². The highest BCUT2D eigenvalue weighted by molar-refractivity contribution is 6.29. The van der Waals surface area contributed by atoms with Crippen LogP contribution in [0.3, 0.4) is 0 Å². The Balaban J connectivity index is 3.29. The molecule has 0 saturated carbocycles. The first kappa shape index (κ1) is 16.0. The van der Waals surface area contributed by atoms with Crippen LogP contribution >= 0.6 is 11.6 Å². The Labute approximate surface area is 121 Å². The van der Waals surface area contributed by atoms with Crippen LogP contribution in [-0.4, -0.2) is 11.8 Å². The fourth-order valence-electron chi connectivity index (χ4n) is 1.76. The molecule has 0 unspecified atom stereocenters. The molecule has 3 heteroatoms. The van der Waals surface area contributed by atoms with E-state index in [-0.39, 0.29) is 22.6 Å². The number of nitrogens with one attached hydrogen (secondary N) is 1. The largest absolute Gasteiger partial charge is 0.325 e. The first-order valence-corrected chi connectivity index (χ1v) is 7.09. The fraction of sp³-hybridized carbons (Fsp3) is 0.562. The summed E-state index contributed by atoms with van der Waals surface area (Å²) in [6.45, 7) is 13.0. The standard InChI is InChI=1S/C16H24ClNO/c1-15(2,3)11-7-12(16(4,5)6)9-13(8-11)18-14(19)10-17/h7-9H,10H2,1-6H3,(H,18,19). The molecule has 0 aliphatic carbocycles. The van der Waals surface area contributed by atoms with Crippen molar-refractivity contribution in [3.05, 3.63) is 29.3 Å². The number of alkyl halides is 1. The first-order valence-electron chi connectivity index (χ1n) is 6.56. The Bertz CT molecular complexity index is 434. The zero-order valence-corrected chi connectivity index (χ0v) is 13.5. The first-order chi connectivity index (χ1) is 8.54. The highest BCUT2D eigenvalue weighted by Crippen LogP contribution is 2.31. The number of carbonyl (C=O) groups excluding carboxylic acids is 1. The Morgan fingerprint density at radius 1 is 1.00 bits per heavy atom. The van der Waals surface area contributed by atoms with Crippen LogP contribution in [0.5, 0.6) is 0 Å². The second-order valence-corrected chi connectivity index (χ2v) is 7.25. The molecule has 0 radical (unpaired) electrons. The average Bonchev–Trinajstić information content (AvgIpc) is 2.26. The van der Waals surface area contributed by atoms with Crippen molar-refractivity contribution in [2.45, 2.75) is 52.4 Å². The van der Waals surface area contributed by atoms with Crippen LogP contribution in [0.2, 0.25) is 0 Å². The molecule has 0 bridgehead atoms. The molecule has 0 fully saturated rings. The zero-order valence-electron chi connectivity index (χ0n) is 12.7. The maximum atomic E-state index is 11.5. The summed E-state index contributed by atoms with van der Waals surface area (Å²) >= 11 is 5.55. The lowest BCUT2D eigenvalue weighted by atomic mass is 9.80. The van der Waals surface area contributed by atoms with Crippen molar-refractivity contribution >= 4 is 23.2 Å². The van der Waals surface area contributed by atoms with E-state index in [0.29, 0.717) is 0 Å². The molecule has 1 N–H and O–H groups in total. The van der Waals surface area contributed by atoms with Crippen LogP contribution in [0.25, 0.3) is 0 Å². The van der Waals surface area contributed by atoms with E-state index in [2.05, 4.69) is 52.9 Å². The minimum atomic E-state index is -0.174. The highest BCUT2D eigenvalue weighted by atomic mass is 35.5. The third-order valence-electron chi connectivity index (χ3n) is 3.07. The van der Waals surface area contributed by atoms with Gasteiger partial charge >= 0.3 is 0 Å². The number of amides is 1. The number of anilines is 1. The van der Waals surface area contributed by atoms with E-state index in [1.165, 1.54) is 11.1 Å². The Kier molecular flexibility index (Phi) is 4.67. The molecule has 0 aliphatic heterocycles. The van der Waals surface area contributed by atoms with E-state index in [4.69, 9.17) is 11.6 Å². The quantitative estimate of drug-likeness (QED) is 0.797. The normalized spacial score (nSPS) is 12.4. The summed E-state index contributed by atoms with van der Waals surface area (Å²) in [7, 11) is 0. The van der Waals surface area contributed by atoms with Gasteiger partial charge in [0.2, 0.25) is 5.91 Å². The third kappa shape index (κ3) is 4.54. The molecule has 19 heavy (non-hydrogen) atoms. The molecule has 0 aliphatic rings. The molecule has 2 nitrogen and oxygen atoms in total. The third-order valence-corrected chi connectivity index (χ3v) is 3.31. The number of carbonyl (C=O) groups is 1. The zero-order chi connectivity index (χ0) is 14.8. The summed E-state index contributed by atoms with van der Waals surface area (Å²) in [5.41, 5.74) is 3.33. The fourth-order valence-corrected chi connectivity index (χ4v) is 1.83. The lowest BCUT2D eigenvalue weighted by molar-refractivity contribution is -0.113. The topological polar surface area (TPSA) is 29.1 Å². The average molecular weight is 282 g/mol. The van der Waals surface area contributed by atoms with Gasteiger partial charge < -0.3 is 5.32 Å². The number of hydrogen-bond donors (Lipinski definition) is 1. The van der Waals surface area contributed by atoms with Gasteiger partial charge in [-0.05, 0) is 34.1 Å². The van der Waals surface area contributed by atoms with Gasteiger partial charge in [-0.2, -0.15) is 0 Å². The second kappa shape index (κ2) is 5.54. The Hall–Kier alpha value is -1.02. The van der Waals surface area contributed by atoms with Gasteiger partial charge in [-0.1, -0.05) is 47.6 Å². The van der Waals surface area contributed by atoms with Crippen LogP contribution in [0, 0.1) is 0 Å². The van der Waals surface area contributed by atoms with Gasteiger partial charge in [0.15, 0.2) is 0 Å². The molecule has 1 aromatic rings. The SMILES string of the molecule is CC(C)(C)c1cc(NC(=O)CCl)cc(C(C)(C)C)c1. The van der Waals surface area contributed by atoms with E-state index in [1.54, 1.807) is 0 Å². The highest BCUT2D eigenvalue weighted by Gasteiger charge is 2.20. The Morgan fingerprint density at radius 3 is 1.74 bits per heavy atom. The molecular formula is C16H24ClNO. The maximum absolute atomic E-state index is 11.5. The van der Waals surface area contributed by atoms with Crippen molar-refractivity contribution in [1.29, 1.82) is 0 Å². The molecule has 106 valence electrons. The van der Waals surface area contributed by atoms with E-state index in [1.807, 2.05) is 12.1 Å². The smallest absolute Gasteiger partial charge is 0.239 e. The van der Waals surface area contributed by atoms with Gasteiger partial charge in [0.1, 0.15) is 5.88 Å². The number of rotatable bonds is 2. The van der Waals surface area contributed by atoms with Crippen molar-refractivity contribution < 1.29 is 4.79 Å². The van der Waals surface area contributed by atoms with Crippen LogP contribution in [0.15, 0.2) is 18.2 Å². The van der Waals surface area contributed by atoms with E-state index >= 15 is 0 Å². The van der Waals surface area contributed by atoms with Crippen molar-refractivity contribution in [2.75, 3.05) is 11.2 Å². The summed E-state index contributed by atoms with van der Waals surface area (Å²) < 4.78 is 0. The number of hydrogen-bond acceptors (Lipinski definition) is 1. The predicted molar refractivity (Wildman–Crippen MR) is 83.2 cm³/mol. The number of halogens is 1. The molecule has 0 saturated heterocycles. The molecule has 0 heterocycles. The van der Waals surface area contributed by atoms with E-state index in [0.717, 1.165) is 5.69 Å². The van der Waals surface area contributed by atoms with Crippen molar-refractivity contribution in [2.24, 2.45) is 0 Å². The van der Waals surface area contributed by atoms with Gasteiger partial charge in [0.25, 0.3) is 0 Å². The van der Waals surface area contributed by atoms with Gasteiger partial charge in [-0.15, -0.1) is 11.6 Å². The minimum absolute atomic E-state index is 0.0232.